The fraction of sp³-hybridized carbons (Fsp3) is 0.600. The Kier molecular flexibility index (Phi) is 6.07. The molecule has 0 saturated carbocycles. The molecule has 1 aromatic rings. The highest BCUT2D eigenvalue weighted by molar-refractivity contribution is 7.88. The van der Waals surface area contributed by atoms with E-state index in [4.69, 9.17) is 0 Å². The molecule has 1 heterocycles. The number of piperazine rings is 1. The van der Waals surface area contributed by atoms with E-state index in [9.17, 15) is 22.3 Å². The summed E-state index contributed by atoms with van der Waals surface area (Å²) in [5.41, 5.74) is -0.0318. The van der Waals surface area contributed by atoms with E-state index in [0.29, 0.717) is 32.2 Å². The number of aliphatic hydroxyl groups is 1. The SMILES string of the molecule is CC[C@@H](CO)N1CCN(S(=O)(=O)Cc2ccc(F)cc2F)CC1. The molecule has 0 aromatic heterocycles. The molecule has 0 amide bonds. The van der Waals surface area contributed by atoms with E-state index in [1.807, 2.05) is 6.92 Å². The lowest BCUT2D eigenvalue weighted by Gasteiger charge is -2.37. The topological polar surface area (TPSA) is 60.9 Å². The van der Waals surface area contributed by atoms with E-state index in [1.165, 1.54) is 4.31 Å². The maximum atomic E-state index is 13.6. The molecule has 2 rings (SSSR count). The van der Waals surface area contributed by atoms with Crippen molar-refractivity contribution in [2.24, 2.45) is 0 Å². The molecule has 23 heavy (non-hydrogen) atoms. The average molecular weight is 348 g/mol. The first-order valence-electron chi connectivity index (χ1n) is 7.64. The van der Waals surface area contributed by atoms with E-state index < -0.39 is 27.4 Å². The maximum Gasteiger partial charge on any atom is 0.218 e. The minimum atomic E-state index is -3.65. The largest absolute Gasteiger partial charge is 0.395 e. The molecule has 0 aliphatic carbocycles. The summed E-state index contributed by atoms with van der Waals surface area (Å²) in [5, 5.41) is 9.31. The number of halogens is 2. The predicted octanol–water partition coefficient (Wildman–Crippen LogP) is 1.18. The lowest BCUT2D eigenvalue weighted by atomic mass is 10.2. The van der Waals surface area contributed by atoms with Crippen LogP contribution in [-0.4, -0.2) is 61.6 Å². The molecule has 1 aliphatic heterocycles. The first-order valence-corrected chi connectivity index (χ1v) is 9.25. The molecule has 130 valence electrons. The van der Waals surface area contributed by atoms with Gasteiger partial charge >= 0.3 is 0 Å². The Morgan fingerprint density at radius 2 is 1.87 bits per heavy atom. The second kappa shape index (κ2) is 7.65. The van der Waals surface area contributed by atoms with Gasteiger partial charge in [-0.3, -0.25) is 4.90 Å². The third-order valence-corrected chi connectivity index (χ3v) is 6.05. The molecular formula is C15H22F2N2O3S. The number of hydrogen-bond acceptors (Lipinski definition) is 4. The first kappa shape index (κ1) is 18.3. The Morgan fingerprint density at radius 1 is 1.22 bits per heavy atom. The van der Waals surface area contributed by atoms with Crippen molar-refractivity contribution in [3.8, 4) is 0 Å². The molecular weight excluding hydrogens is 326 g/mol. The smallest absolute Gasteiger partial charge is 0.218 e. The summed E-state index contributed by atoms with van der Waals surface area (Å²) in [4.78, 5) is 2.06. The van der Waals surface area contributed by atoms with Gasteiger partial charge in [-0.05, 0) is 12.5 Å². The molecule has 1 aromatic carbocycles. The second-order valence-electron chi connectivity index (χ2n) is 5.67. The zero-order valence-corrected chi connectivity index (χ0v) is 13.9. The van der Waals surface area contributed by atoms with Crippen molar-refractivity contribution in [3.05, 3.63) is 35.4 Å². The molecule has 8 heteroatoms. The number of benzene rings is 1. The normalized spacial score (nSPS) is 19.0. The highest BCUT2D eigenvalue weighted by atomic mass is 32.2. The molecule has 1 aliphatic rings. The summed E-state index contributed by atoms with van der Waals surface area (Å²) in [6, 6.07) is 2.95. The third-order valence-electron chi connectivity index (χ3n) is 4.22. The van der Waals surface area contributed by atoms with E-state index in [1.54, 1.807) is 0 Å². The minimum absolute atomic E-state index is 0.0318. The van der Waals surface area contributed by atoms with Crippen LogP contribution in [0.3, 0.4) is 0 Å². The number of nitrogens with zero attached hydrogens (tertiary/aromatic N) is 2. The number of sulfonamides is 1. The van der Waals surface area contributed by atoms with Crippen LogP contribution in [-0.2, 0) is 15.8 Å². The lowest BCUT2D eigenvalue weighted by Crippen LogP contribution is -2.52. The molecule has 0 bridgehead atoms. The van der Waals surface area contributed by atoms with Gasteiger partial charge in [-0.15, -0.1) is 0 Å². The van der Waals surface area contributed by atoms with Crippen LogP contribution in [0.1, 0.15) is 18.9 Å². The van der Waals surface area contributed by atoms with Crippen LogP contribution in [0.2, 0.25) is 0 Å². The number of aliphatic hydroxyl groups excluding tert-OH is 1. The molecule has 1 fully saturated rings. The van der Waals surface area contributed by atoms with E-state index in [0.717, 1.165) is 18.6 Å². The van der Waals surface area contributed by atoms with E-state index in [-0.39, 0.29) is 18.2 Å². The summed E-state index contributed by atoms with van der Waals surface area (Å²) < 4.78 is 52.7. The summed E-state index contributed by atoms with van der Waals surface area (Å²) in [7, 11) is -3.65. The molecule has 5 nitrogen and oxygen atoms in total. The van der Waals surface area contributed by atoms with Gasteiger partial charge in [0.2, 0.25) is 10.0 Å². The van der Waals surface area contributed by atoms with Crippen molar-refractivity contribution in [1.29, 1.82) is 0 Å². The highest BCUT2D eigenvalue weighted by Gasteiger charge is 2.29. The van der Waals surface area contributed by atoms with E-state index >= 15 is 0 Å². The van der Waals surface area contributed by atoms with Gasteiger partial charge in [0.05, 0.1) is 12.4 Å². The van der Waals surface area contributed by atoms with Crippen LogP contribution in [0.15, 0.2) is 18.2 Å². The van der Waals surface area contributed by atoms with Gasteiger partial charge < -0.3 is 5.11 Å². The van der Waals surface area contributed by atoms with Crippen molar-refractivity contribution in [1.82, 2.24) is 9.21 Å². The average Bonchev–Trinajstić information content (AvgIpc) is 2.52. The van der Waals surface area contributed by atoms with Gasteiger partial charge in [-0.25, -0.2) is 17.2 Å². The molecule has 0 unspecified atom stereocenters. The lowest BCUT2D eigenvalue weighted by molar-refractivity contribution is 0.0880. The zero-order valence-electron chi connectivity index (χ0n) is 13.1. The highest BCUT2D eigenvalue weighted by Crippen LogP contribution is 2.18. The van der Waals surface area contributed by atoms with Crippen LogP contribution in [0.25, 0.3) is 0 Å². The van der Waals surface area contributed by atoms with Crippen molar-refractivity contribution in [2.75, 3.05) is 32.8 Å². The predicted molar refractivity (Wildman–Crippen MR) is 83.3 cm³/mol. The fourth-order valence-electron chi connectivity index (χ4n) is 2.78. The van der Waals surface area contributed by atoms with Crippen LogP contribution < -0.4 is 0 Å². The fourth-order valence-corrected chi connectivity index (χ4v) is 4.31. The van der Waals surface area contributed by atoms with Crippen molar-refractivity contribution >= 4 is 10.0 Å². The molecule has 1 N–H and O–H groups in total. The summed E-state index contributed by atoms with van der Waals surface area (Å²) in [5.74, 6) is -2.05. The molecule has 0 spiro atoms. The first-order chi connectivity index (χ1) is 10.9. The van der Waals surface area contributed by atoms with Crippen molar-refractivity contribution in [3.63, 3.8) is 0 Å². The van der Waals surface area contributed by atoms with Crippen molar-refractivity contribution in [2.45, 2.75) is 25.1 Å². The second-order valence-corrected chi connectivity index (χ2v) is 7.64. The standard InChI is InChI=1S/C15H22F2N2O3S/c1-2-14(10-20)18-5-7-19(8-6-18)23(21,22)11-12-3-4-13(16)9-15(12)17/h3-4,9,14,20H,2,5-8,10-11H2,1H3/t14-/m0/s1. The Bertz CT molecular complexity index is 628. The molecule has 0 radical (unpaired) electrons. The van der Waals surface area contributed by atoms with Crippen LogP contribution in [0.5, 0.6) is 0 Å². The van der Waals surface area contributed by atoms with Gasteiger partial charge in [-0.1, -0.05) is 13.0 Å². The molecule has 1 atom stereocenters. The van der Waals surface area contributed by atoms with Gasteiger partial charge in [0, 0.05) is 43.9 Å². The summed E-state index contributed by atoms with van der Waals surface area (Å²) in [6.07, 6.45) is 0.796. The quantitative estimate of drug-likeness (QED) is 0.839. The summed E-state index contributed by atoms with van der Waals surface area (Å²) in [6.45, 7) is 3.70. The Balaban J connectivity index is 2.01. The van der Waals surface area contributed by atoms with Gasteiger partial charge in [0.1, 0.15) is 11.6 Å². The van der Waals surface area contributed by atoms with Gasteiger partial charge in [0.15, 0.2) is 0 Å². The Morgan fingerprint density at radius 3 is 2.39 bits per heavy atom. The monoisotopic (exact) mass is 348 g/mol. The third kappa shape index (κ3) is 4.47. The summed E-state index contributed by atoms with van der Waals surface area (Å²) >= 11 is 0. The maximum absolute atomic E-state index is 13.6. The number of rotatable bonds is 6. The van der Waals surface area contributed by atoms with Crippen LogP contribution >= 0.6 is 0 Å². The van der Waals surface area contributed by atoms with Crippen LogP contribution in [0.4, 0.5) is 8.78 Å². The van der Waals surface area contributed by atoms with Gasteiger partial charge in [-0.2, -0.15) is 4.31 Å². The van der Waals surface area contributed by atoms with Crippen molar-refractivity contribution < 1.29 is 22.3 Å². The number of hydrogen-bond donors (Lipinski definition) is 1. The van der Waals surface area contributed by atoms with Gasteiger partial charge in [0.25, 0.3) is 0 Å². The minimum Gasteiger partial charge on any atom is -0.395 e. The van der Waals surface area contributed by atoms with E-state index in [2.05, 4.69) is 4.90 Å². The zero-order chi connectivity index (χ0) is 17.0. The Hall–Kier alpha value is -1.09. The Labute approximate surface area is 135 Å². The molecule has 1 saturated heterocycles. The van der Waals surface area contributed by atoms with Crippen LogP contribution in [0, 0.1) is 11.6 Å².